The van der Waals surface area contributed by atoms with Crippen LogP contribution in [0.4, 0.5) is 10.2 Å². The zero-order valence-corrected chi connectivity index (χ0v) is 20.1. The summed E-state index contributed by atoms with van der Waals surface area (Å²) in [5, 5.41) is 27.8. The molecule has 0 amide bonds. The van der Waals surface area contributed by atoms with Crippen LogP contribution in [-0.2, 0) is 18.4 Å². The number of aliphatic hydroxyl groups excluding tert-OH is 2. The first-order chi connectivity index (χ1) is 15.8. The zero-order valence-electron chi connectivity index (χ0n) is 17.6. The summed E-state index contributed by atoms with van der Waals surface area (Å²) in [5.74, 6) is -1.98. The molecule has 1 saturated heterocycles. The molecule has 5 atom stereocenters. The average Bonchev–Trinajstić information content (AvgIpc) is 3.39. The summed E-state index contributed by atoms with van der Waals surface area (Å²) in [4.78, 5) is 31.5. The van der Waals surface area contributed by atoms with Gasteiger partial charge in [0, 0.05) is 12.1 Å². The van der Waals surface area contributed by atoms with Crippen molar-refractivity contribution >= 4 is 38.1 Å². The van der Waals surface area contributed by atoms with Gasteiger partial charge in [0.1, 0.15) is 29.9 Å². The molecule has 0 spiro atoms. The second-order valence-corrected chi connectivity index (χ2v) is 12.7. The highest BCUT2D eigenvalue weighted by Crippen LogP contribution is 2.55. The van der Waals surface area contributed by atoms with E-state index in [1.54, 1.807) is 0 Å². The van der Waals surface area contributed by atoms with Crippen molar-refractivity contribution in [1.82, 2.24) is 14.6 Å². The molecule has 34 heavy (non-hydrogen) atoms. The third-order valence-electron chi connectivity index (χ3n) is 5.72. The molecule has 1 saturated carbocycles. The normalized spacial score (nSPS) is 28.0. The van der Waals surface area contributed by atoms with Gasteiger partial charge in [-0.2, -0.15) is 4.98 Å². The Bertz CT molecular complexity index is 1160. The fourth-order valence-electron chi connectivity index (χ4n) is 4.22. The van der Waals surface area contributed by atoms with Crippen LogP contribution < -0.4 is 5.32 Å². The van der Waals surface area contributed by atoms with Gasteiger partial charge in [0.05, 0.1) is 12.3 Å². The fourth-order valence-corrected chi connectivity index (χ4v) is 6.95. The van der Waals surface area contributed by atoms with E-state index in [2.05, 4.69) is 19.9 Å². The lowest BCUT2D eigenvalue weighted by Gasteiger charge is -2.18. The average molecular weight is 545 g/mol. The summed E-state index contributed by atoms with van der Waals surface area (Å²) in [6, 6.07) is 1.14. The molecule has 2 aliphatic rings. The van der Waals surface area contributed by atoms with Crippen LogP contribution in [0.15, 0.2) is 6.07 Å². The first-order valence-corrected chi connectivity index (χ1v) is 14.3. The van der Waals surface area contributed by atoms with Crippen molar-refractivity contribution in [2.24, 2.45) is 0 Å². The molecule has 4 rings (SSSR count). The van der Waals surface area contributed by atoms with E-state index < -0.39 is 57.9 Å². The lowest BCUT2D eigenvalue weighted by atomic mass is 10.1. The highest BCUT2D eigenvalue weighted by Gasteiger charge is 2.46. The summed E-state index contributed by atoms with van der Waals surface area (Å²) >= 11 is 6.04. The molecule has 1 unspecified atom stereocenters. The predicted octanol–water partition coefficient (Wildman–Crippen LogP) is 1.38. The van der Waals surface area contributed by atoms with Crippen LogP contribution in [0, 0.1) is 5.82 Å². The van der Waals surface area contributed by atoms with Crippen molar-refractivity contribution in [2.75, 3.05) is 17.8 Å². The van der Waals surface area contributed by atoms with Crippen LogP contribution in [0.5, 0.6) is 0 Å². The number of rotatable bonds is 8. The van der Waals surface area contributed by atoms with Crippen molar-refractivity contribution in [3.8, 4) is 0 Å². The number of halogens is 2. The van der Waals surface area contributed by atoms with Gasteiger partial charge in [0.2, 0.25) is 5.28 Å². The number of hydrogen-bond donors (Lipinski definition) is 6. The van der Waals surface area contributed by atoms with Gasteiger partial charge in [-0.25, -0.2) is 8.91 Å². The third kappa shape index (κ3) is 5.62. The number of nitrogens with zero attached hydrogens (tertiary/aromatic N) is 3. The monoisotopic (exact) mass is 544 g/mol. The van der Waals surface area contributed by atoms with Gasteiger partial charge in [-0.1, -0.05) is 12.8 Å². The highest BCUT2D eigenvalue weighted by atomic mass is 35.5. The number of aliphatic hydroxyl groups is 2. The van der Waals surface area contributed by atoms with Gasteiger partial charge in [-0.05, 0) is 24.4 Å². The second kappa shape index (κ2) is 9.70. The molecule has 1 aliphatic heterocycles. The van der Waals surface area contributed by atoms with Crippen LogP contribution >= 0.6 is 26.8 Å². The highest BCUT2D eigenvalue weighted by molar-refractivity contribution is 7.70. The van der Waals surface area contributed by atoms with Crippen LogP contribution in [-0.4, -0.2) is 76.4 Å². The Balaban J connectivity index is 1.57. The van der Waals surface area contributed by atoms with Crippen molar-refractivity contribution in [2.45, 2.75) is 56.1 Å². The molecule has 2 fully saturated rings. The summed E-state index contributed by atoms with van der Waals surface area (Å²) in [5.41, 5.74) is -0.0273. The topological polar surface area (TPSA) is 196 Å². The Morgan fingerprint density at radius 2 is 1.91 bits per heavy atom. The van der Waals surface area contributed by atoms with E-state index in [0.29, 0.717) is 0 Å². The smallest absolute Gasteiger partial charge is 0.340 e. The number of anilines is 1. The van der Waals surface area contributed by atoms with E-state index >= 15 is 0 Å². The molecule has 17 heteroatoms. The van der Waals surface area contributed by atoms with Crippen molar-refractivity contribution in [3.05, 3.63) is 22.9 Å². The summed E-state index contributed by atoms with van der Waals surface area (Å²) in [6.45, 7) is -0.765. The standard InChI is InChI=1S/C17H24ClFN4O9P2/c18-17-21-16(20-8-3-1-2-4-8)12-9(19)5-10(23(12)22-17)15-14(25)13(24)11(32-15)6-31-34(29,30)7-33(26,27)28/h5,8,11,13-15,24-25H,1-4,6-7H2,(H,29,30)(H,20,21,22)(H2,26,27,28)/t11-,13-,14-,15+/m1/s1. The molecule has 0 aromatic carbocycles. The first kappa shape index (κ1) is 25.9. The van der Waals surface area contributed by atoms with Gasteiger partial charge in [-0.15, -0.1) is 5.10 Å². The number of aromatic nitrogens is 3. The number of ether oxygens (including phenoxy) is 1. The Labute approximate surface area is 197 Å². The Kier molecular flexibility index (Phi) is 7.39. The van der Waals surface area contributed by atoms with E-state index in [9.17, 15) is 28.6 Å². The minimum Gasteiger partial charge on any atom is -0.387 e. The molecule has 0 radical (unpaired) electrons. The van der Waals surface area contributed by atoms with Gasteiger partial charge >= 0.3 is 15.2 Å². The quantitative estimate of drug-likeness (QED) is 0.262. The van der Waals surface area contributed by atoms with E-state index in [1.165, 1.54) is 0 Å². The maximum atomic E-state index is 15.0. The molecular weight excluding hydrogens is 521 g/mol. The summed E-state index contributed by atoms with van der Waals surface area (Å²) < 4.78 is 49.2. The molecule has 13 nitrogen and oxygen atoms in total. The lowest BCUT2D eigenvalue weighted by molar-refractivity contribution is -0.0203. The molecular formula is C17H24ClFN4O9P2. The molecule has 190 valence electrons. The zero-order chi connectivity index (χ0) is 24.8. The van der Waals surface area contributed by atoms with Gasteiger partial charge < -0.3 is 39.5 Å². The van der Waals surface area contributed by atoms with Crippen LogP contribution in [0.2, 0.25) is 5.28 Å². The molecule has 2 aromatic heterocycles. The van der Waals surface area contributed by atoms with Crippen molar-refractivity contribution in [3.63, 3.8) is 0 Å². The second-order valence-electron chi connectivity index (χ2n) is 8.35. The minimum absolute atomic E-state index is 0.00252. The summed E-state index contributed by atoms with van der Waals surface area (Å²) in [7, 11) is -9.56. The first-order valence-electron chi connectivity index (χ1n) is 10.4. The number of nitrogens with one attached hydrogen (secondary N) is 1. The van der Waals surface area contributed by atoms with Gasteiger partial charge in [0.15, 0.2) is 17.5 Å². The van der Waals surface area contributed by atoms with E-state index in [0.717, 1.165) is 36.3 Å². The number of fused-ring (bicyclic) bond motifs is 1. The van der Waals surface area contributed by atoms with E-state index in [1.807, 2.05) is 0 Å². The summed E-state index contributed by atoms with van der Waals surface area (Å²) in [6.07, 6.45) is -2.09. The minimum atomic E-state index is -4.85. The molecule has 0 bridgehead atoms. The van der Waals surface area contributed by atoms with E-state index in [-0.39, 0.29) is 28.4 Å². The molecule has 1 aliphatic carbocycles. The Morgan fingerprint density at radius 1 is 1.24 bits per heavy atom. The predicted molar refractivity (Wildman–Crippen MR) is 116 cm³/mol. The Morgan fingerprint density at radius 3 is 2.56 bits per heavy atom. The van der Waals surface area contributed by atoms with Crippen molar-refractivity contribution in [1.29, 1.82) is 0 Å². The Hall–Kier alpha value is -1.18. The SMILES string of the molecule is O=P(O)(O)CP(=O)(O)OC[C@H]1O[C@@H](c2cc(F)c3c(NC4CCCC4)nc(Cl)nn23)[C@H](O)[C@@H]1O. The van der Waals surface area contributed by atoms with Gasteiger partial charge in [-0.3, -0.25) is 9.13 Å². The van der Waals surface area contributed by atoms with Crippen LogP contribution in [0.25, 0.3) is 5.52 Å². The van der Waals surface area contributed by atoms with Gasteiger partial charge in [0.25, 0.3) is 0 Å². The van der Waals surface area contributed by atoms with E-state index in [4.69, 9.17) is 26.1 Å². The van der Waals surface area contributed by atoms with Crippen molar-refractivity contribution < 1.29 is 47.7 Å². The number of hydrogen-bond acceptors (Lipinski definition) is 9. The molecule has 6 N–H and O–H groups in total. The largest absolute Gasteiger partial charge is 0.387 e. The lowest BCUT2D eigenvalue weighted by Crippen LogP contribution is -2.33. The fraction of sp³-hybridized carbons (Fsp3) is 0.647. The molecule has 2 aromatic rings. The van der Waals surface area contributed by atoms with Crippen LogP contribution in [0.1, 0.15) is 37.5 Å². The maximum absolute atomic E-state index is 15.0. The maximum Gasteiger partial charge on any atom is 0.340 e. The van der Waals surface area contributed by atoms with Crippen LogP contribution in [0.3, 0.4) is 0 Å². The molecule has 3 heterocycles. The third-order valence-corrected chi connectivity index (χ3v) is 9.34.